The molecule has 0 aliphatic rings. The first-order chi connectivity index (χ1) is 14.3. The number of rotatable bonds is 9. The number of para-hydroxylation sites is 2. The molecule has 29 heavy (non-hydrogen) atoms. The summed E-state index contributed by atoms with van der Waals surface area (Å²) in [6, 6.07) is 20.7. The third-order valence-electron chi connectivity index (χ3n) is 3.99. The molecule has 1 aromatic heterocycles. The van der Waals surface area contributed by atoms with Crippen molar-refractivity contribution >= 4 is 5.84 Å². The van der Waals surface area contributed by atoms with Crippen LogP contribution in [0.2, 0.25) is 0 Å². The Kier molecular flexibility index (Phi) is 7.56. The van der Waals surface area contributed by atoms with Crippen LogP contribution < -0.4 is 15.0 Å². The fourth-order valence-electron chi connectivity index (χ4n) is 2.58. The van der Waals surface area contributed by atoms with Crippen LogP contribution in [0.3, 0.4) is 0 Å². The van der Waals surface area contributed by atoms with E-state index in [0.29, 0.717) is 42.7 Å². The Bertz CT molecular complexity index is 932. The molecule has 0 saturated carbocycles. The topological polar surface area (TPSA) is 85.2 Å². The monoisotopic (exact) mass is 393 g/mol. The molecule has 0 saturated heterocycles. The third kappa shape index (κ3) is 5.78. The summed E-state index contributed by atoms with van der Waals surface area (Å²) in [4.78, 5) is 8.57. The van der Waals surface area contributed by atoms with Crippen LogP contribution in [0.4, 0.5) is 0 Å². The summed E-state index contributed by atoms with van der Waals surface area (Å²) >= 11 is 0. The van der Waals surface area contributed by atoms with Gasteiger partial charge < -0.3 is 14.2 Å². The van der Waals surface area contributed by atoms with Gasteiger partial charge in [-0.1, -0.05) is 42.5 Å². The van der Waals surface area contributed by atoms with Gasteiger partial charge in [0.1, 0.15) is 6.61 Å². The van der Waals surface area contributed by atoms with Crippen molar-refractivity contribution in [3.8, 4) is 17.4 Å². The minimum Gasteiger partial charge on any atom is -0.485 e. The van der Waals surface area contributed by atoms with E-state index in [1.54, 1.807) is 31.5 Å². The summed E-state index contributed by atoms with van der Waals surface area (Å²) in [5.74, 6) is 1.63. The molecule has 0 spiro atoms. The van der Waals surface area contributed by atoms with Gasteiger partial charge in [0.25, 0.3) is 0 Å². The van der Waals surface area contributed by atoms with Crippen molar-refractivity contribution in [1.29, 1.82) is 0 Å². The Morgan fingerprint density at radius 2 is 1.76 bits per heavy atom. The molecule has 0 aliphatic heterocycles. The Morgan fingerprint density at radius 3 is 2.52 bits per heavy atom. The van der Waals surface area contributed by atoms with E-state index in [2.05, 4.69) is 15.5 Å². The first kappa shape index (κ1) is 20.3. The molecule has 2 aromatic carbocycles. The maximum absolute atomic E-state index is 9.50. The van der Waals surface area contributed by atoms with Crippen LogP contribution >= 0.6 is 0 Å². The summed E-state index contributed by atoms with van der Waals surface area (Å²) in [6.45, 7) is 1.22. The lowest BCUT2D eigenvalue weighted by Crippen LogP contribution is -2.22. The van der Waals surface area contributed by atoms with Gasteiger partial charge >= 0.3 is 0 Å². The standard InChI is InChI=1S/C22H23N3O4/c1-27-15-14-23-21(25-26)18-10-7-13-24-22(18)29-20-12-6-5-11-19(20)28-16-17-8-3-2-4-9-17/h2-13,26H,14-16H2,1H3,(H,23,25). The van der Waals surface area contributed by atoms with Gasteiger partial charge in [-0.15, -0.1) is 0 Å². The number of aliphatic imine (C=N–C) groups is 1. The van der Waals surface area contributed by atoms with Crippen molar-refractivity contribution in [2.24, 2.45) is 4.99 Å². The van der Waals surface area contributed by atoms with Gasteiger partial charge in [0.05, 0.1) is 18.7 Å². The minimum atomic E-state index is 0.243. The number of amidine groups is 1. The Hall–Kier alpha value is -3.42. The van der Waals surface area contributed by atoms with Crippen LogP contribution in [-0.2, 0) is 11.3 Å². The van der Waals surface area contributed by atoms with Gasteiger partial charge in [-0.05, 0) is 29.8 Å². The molecule has 7 nitrogen and oxygen atoms in total. The molecule has 0 fully saturated rings. The van der Waals surface area contributed by atoms with Crippen molar-refractivity contribution in [3.05, 3.63) is 84.1 Å². The number of methoxy groups -OCH3 is 1. The van der Waals surface area contributed by atoms with Crippen molar-refractivity contribution in [2.45, 2.75) is 6.61 Å². The number of hydroxylamine groups is 1. The molecule has 150 valence electrons. The van der Waals surface area contributed by atoms with E-state index in [1.165, 1.54) is 0 Å². The number of hydrogen-bond acceptors (Lipinski definition) is 6. The van der Waals surface area contributed by atoms with Gasteiger partial charge in [-0.25, -0.2) is 4.98 Å². The molecule has 7 heteroatoms. The summed E-state index contributed by atoms with van der Waals surface area (Å²) in [5, 5.41) is 9.50. The van der Waals surface area contributed by atoms with Crippen LogP contribution in [-0.4, -0.2) is 36.3 Å². The zero-order valence-electron chi connectivity index (χ0n) is 16.1. The third-order valence-corrected chi connectivity index (χ3v) is 3.99. The van der Waals surface area contributed by atoms with E-state index in [9.17, 15) is 5.21 Å². The van der Waals surface area contributed by atoms with Gasteiger partial charge in [0.15, 0.2) is 17.3 Å². The predicted octanol–water partition coefficient (Wildman–Crippen LogP) is 3.82. The zero-order valence-corrected chi connectivity index (χ0v) is 16.1. The Balaban J connectivity index is 1.81. The molecule has 2 N–H and O–H groups in total. The highest BCUT2D eigenvalue weighted by Gasteiger charge is 2.14. The average molecular weight is 393 g/mol. The van der Waals surface area contributed by atoms with Crippen molar-refractivity contribution in [3.63, 3.8) is 0 Å². The predicted molar refractivity (Wildman–Crippen MR) is 110 cm³/mol. The van der Waals surface area contributed by atoms with Gasteiger partial charge in [0, 0.05) is 13.3 Å². The summed E-state index contributed by atoms with van der Waals surface area (Å²) < 4.78 is 17.0. The second kappa shape index (κ2) is 10.8. The Labute approximate surface area is 169 Å². The molecule has 0 aliphatic carbocycles. The second-order valence-corrected chi connectivity index (χ2v) is 6.01. The maximum atomic E-state index is 9.50. The highest BCUT2D eigenvalue weighted by Crippen LogP contribution is 2.32. The molecule has 0 amide bonds. The molecular formula is C22H23N3O4. The first-order valence-corrected chi connectivity index (χ1v) is 9.14. The first-order valence-electron chi connectivity index (χ1n) is 9.14. The number of nitrogens with one attached hydrogen (secondary N) is 1. The molecule has 3 aromatic rings. The smallest absolute Gasteiger partial charge is 0.230 e. The summed E-state index contributed by atoms with van der Waals surface area (Å²) in [7, 11) is 1.59. The SMILES string of the molecule is COCCN=C(NO)c1cccnc1Oc1ccccc1OCc1ccccc1. The average Bonchev–Trinajstić information content (AvgIpc) is 2.78. The Morgan fingerprint density at radius 1 is 1.00 bits per heavy atom. The quantitative estimate of drug-likeness (QED) is 0.249. The van der Waals surface area contributed by atoms with E-state index in [0.717, 1.165) is 5.56 Å². The van der Waals surface area contributed by atoms with Crippen LogP contribution in [0, 0.1) is 0 Å². The molecule has 0 atom stereocenters. The normalized spacial score (nSPS) is 11.2. The number of ether oxygens (including phenoxy) is 3. The number of aromatic nitrogens is 1. The van der Waals surface area contributed by atoms with Crippen molar-refractivity contribution in [1.82, 2.24) is 10.5 Å². The van der Waals surface area contributed by atoms with Gasteiger partial charge in [-0.3, -0.25) is 15.7 Å². The lowest BCUT2D eigenvalue weighted by atomic mass is 10.2. The fourth-order valence-corrected chi connectivity index (χ4v) is 2.58. The van der Waals surface area contributed by atoms with Crippen LogP contribution in [0.25, 0.3) is 0 Å². The van der Waals surface area contributed by atoms with E-state index in [1.807, 2.05) is 48.5 Å². The lowest BCUT2D eigenvalue weighted by Gasteiger charge is -2.14. The minimum absolute atomic E-state index is 0.243. The largest absolute Gasteiger partial charge is 0.485 e. The van der Waals surface area contributed by atoms with Gasteiger partial charge in [0.2, 0.25) is 5.88 Å². The summed E-state index contributed by atoms with van der Waals surface area (Å²) in [6.07, 6.45) is 1.61. The molecule has 0 bridgehead atoms. The second-order valence-electron chi connectivity index (χ2n) is 6.01. The molecule has 1 heterocycles. The summed E-state index contributed by atoms with van der Waals surface area (Å²) in [5.41, 5.74) is 3.68. The van der Waals surface area contributed by atoms with Crippen molar-refractivity contribution < 1.29 is 19.4 Å². The van der Waals surface area contributed by atoms with E-state index in [-0.39, 0.29) is 5.84 Å². The maximum Gasteiger partial charge on any atom is 0.230 e. The lowest BCUT2D eigenvalue weighted by molar-refractivity contribution is 0.206. The number of pyridine rings is 1. The highest BCUT2D eigenvalue weighted by atomic mass is 16.5. The van der Waals surface area contributed by atoms with Gasteiger partial charge in [-0.2, -0.15) is 0 Å². The van der Waals surface area contributed by atoms with Crippen LogP contribution in [0.5, 0.6) is 17.4 Å². The van der Waals surface area contributed by atoms with E-state index < -0.39 is 0 Å². The highest BCUT2D eigenvalue weighted by molar-refractivity contribution is 6.00. The van der Waals surface area contributed by atoms with E-state index in [4.69, 9.17) is 14.2 Å². The van der Waals surface area contributed by atoms with E-state index >= 15 is 0 Å². The zero-order chi connectivity index (χ0) is 20.3. The number of hydrogen-bond donors (Lipinski definition) is 2. The molecule has 0 unspecified atom stereocenters. The van der Waals surface area contributed by atoms with Crippen LogP contribution in [0.1, 0.15) is 11.1 Å². The molecular weight excluding hydrogens is 370 g/mol. The number of benzene rings is 2. The fraction of sp³-hybridized carbons (Fsp3) is 0.182. The van der Waals surface area contributed by atoms with Crippen LogP contribution in [0.15, 0.2) is 77.9 Å². The molecule has 0 radical (unpaired) electrons. The van der Waals surface area contributed by atoms with Crippen molar-refractivity contribution in [2.75, 3.05) is 20.3 Å². The molecule has 3 rings (SSSR count). The number of nitrogens with zero attached hydrogens (tertiary/aromatic N) is 2.